The lowest BCUT2D eigenvalue weighted by atomic mass is 10.1. The van der Waals surface area contributed by atoms with Crippen molar-refractivity contribution in [2.45, 2.75) is 9.79 Å². The van der Waals surface area contributed by atoms with Gasteiger partial charge in [0.15, 0.2) is 9.84 Å². The highest BCUT2D eigenvalue weighted by Gasteiger charge is 2.32. The van der Waals surface area contributed by atoms with Gasteiger partial charge in [0.2, 0.25) is 10.0 Å². The maximum Gasteiger partial charge on any atom is 0.271 e. The Hall–Kier alpha value is -2.54. The van der Waals surface area contributed by atoms with Crippen LogP contribution in [-0.2, 0) is 19.9 Å². The zero-order valence-electron chi connectivity index (χ0n) is 16.3. The van der Waals surface area contributed by atoms with Crippen LogP contribution in [0.25, 0.3) is 0 Å². The number of nitro groups is 1. The maximum atomic E-state index is 12.9. The van der Waals surface area contributed by atoms with Gasteiger partial charge in [-0.05, 0) is 18.2 Å². The molecule has 0 bridgehead atoms. The Morgan fingerprint density at radius 1 is 1.03 bits per heavy atom. The molecule has 3 rings (SSSR count). The predicted octanol–water partition coefficient (Wildman–Crippen LogP) is 1.80. The predicted molar refractivity (Wildman–Crippen MR) is 112 cm³/mol. The van der Waals surface area contributed by atoms with E-state index in [1.165, 1.54) is 21.3 Å². The topological polar surface area (TPSA) is 135 Å². The summed E-state index contributed by atoms with van der Waals surface area (Å²) in [5.41, 5.74) is -0.678. The van der Waals surface area contributed by atoms with Gasteiger partial charge in [0, 0.05) is 50.1 Å². The molecule has 166 valence electrons. The van der Waals surface area contributed by atoms with E-state index in [0.717, 1.165) is 24.5 Å². The summed E-state index contributed by atoms with van der Waals surface area (Å²) < 4.78 is 50.5. The summed E-state index contributed by atoms with van der Waals surface area (Å²) in [4.78, 5) is 24.2. The summed E-state index contributed by atoms with van der Waals surface area (Å²) in [7, 11) is -7.64. The molecule has 1 amide bonds. The number of benzene rings is 2. The highest BCUT2D eigenvalue weighted by molar-refractivity contribution is 7.90. The number of sulfone groups is 1. The van der Waals surface area contributed by atoms with Crippen molar-refractivity contribution in [3.8, 4) is 0 Å². The first-order valence-corrected chi connectivity index (χ1v) is 12.7. The minimum atomic E-state index is -3.86. The van der Waals surface area contributed by atoms with Crippen molar-refractivity contribution in [2.24, 2.45) is 0 Å². The molecule has 0 atom stereocenters. The first kappa shape index (κ1) is 23.1. The molecule has 1 heterocycles. The number of carbonyl (C=O) groups is 1. The lowest BCUT2D eigenvalue weighted by Gasteiger charge is -2.34. The molecule has 2 aromatic carbocycles. The second-order valence-corrected chi connectivity index (χ2v) is 11.2. The minimum absolute atomic E-state index is 0.00679. The average Bonchev–Trinajstić information content (AvgIpc) is 2.72. The summed E-state index contributed by atoms with van der Waals surface area (Å²) in [6.07, 6.45) is 0.888. The number of hydrogen-bond acceptors (Lipinski definition) is 7. The third-order valence-electron chi connectivity index (χ3n) is 4.76. The number of non-ortho nitro benzene ring substituents is 1. The van der Waals surface area contributed by atoms with Crippen LogP contribution in [0.3, 0.4) is 0 Å². The summed E-state index contributed by atoms with van der Waals surface area (Å²) in [5.74, 6) is -0.622. The van der Waals surface area contributed by atoms with Crippen LogP contribution in [0.15, 0.2) is 52.3 Å². The van der Waals surface area contributed by atoms with Gasteiger partial charge >= 0.3 is 0 Å². The zero-order chi connectivity index (χ0) is 23.0. The molecule has 0 aromatic heterocycles. The molecule has 1 aliphatic rings. The standard InChI is InChI=1S/C18H18ClN3O7S2/c1-30(26,27)15-11-13(10-14(12-15)22(24)25)18(23)20-6-8-21(9-7-20)31(28,29)17-5-3-2-4-16(17)19/h2-5,10-12H,6-9H2,1H3. The van der Waals surface area contributed by atoms with E-state index in [0.29, 0.717) is 0 Å². The normalized spacial score (nSPS) is 15.6. The minimum Gasteiger partial charge on any atom is -0.336 e. The number of rotatable bonds is 5. The van der Waals surface area contributed by atoms with Crippen LogP contribution in [0.4, 0.5) is 5.69 Å². The number of piperazine rings is 1. The molecule has 1 saturated heterocycles. The Morgan fingerprint density at radius 2 is 1.65 bits per heavy atom. The van der Waals surface area contributed by atoms with E-state index in [4.69, 9.17) is 11.6 Å². The Morgan fingerprint density at radius 3 is 2.19 bits per heavy atom. The fraction of sp³-hybridized carbons (Fsp3) is 0.278. The molecule has 31 heavy (non-hydrogen) atoms. The van der Waals surface area contributed by atoms with E-state index in [1.807, 2.05) is 0 Å². The second-order valence-electron chi connectivity index (χ2n) is 6.87. The van der Waals surface area contributed by atoms with Crippen LogP contribution in [0.2, 0.25) is 5.02 Å². The molecule has 0 N–H and O–H groups in total. The molecule has 2 aromatic rings. The number of nitro benzene ring substituents is 1. The lowest BCUT2D eigenvalue weighted by Crippen LogP contribution is -2.50. The molecule has 0 radical (unpaired) electrons. The number of carbonyl (C=O) groups excluding carboxylic acids is 1. The molecule has 0 unspecified atom stereocenters. The van der Waals surface area contributed by atoms with E-state index >= 15 is 0 Å². The molecular weight excluding hydrogens is 470 g/mol. The Labute approximate surface area is 184 Å². The number of amides is 1. The summed E-state index contributed by atoms with van der Waals surface area (Å²) in [6, 6.07) is 9.00. The molecule has 1 aliphatic heterocycles. The lowest BCUT2D eigenvalue weighted by molar-refractivity contribution is -0.385. The largest absolute Gasteiger partial charge is 0.336 e. The van der Waals surface area contributed by atoms with Crippen LogP contribution in [0.5, 0.6) is 0 Å². The van der Waals surface area contributed by atoms with E-state index in [-0.39, 0.29) is 46.6 Å². The van der Waals surface area contributed by atoms with Crippen molar-refractivity contribution in [3.05, 3.63) is 63.2 Å². The highest BCUT2D eigenvalue weighted by Crippen LogP contribution is 2.26. The van der Waals surface area contributed by atoms with Crippen LogP contribution in [0, 0.1) is 10.1 Å². The number of halogens is 1. The van der Waals surface area contributed by atoms with Gasteiger partial charge in [0.05, 0.1) is 14.8 Å². The molecule has 13 heteroatoms. The van der Waals surface area contributed by atoms with Crippen LogP contribution in [0.1, 0.15) is 10.4 Å². The Bertz CT molecular complexity index is 1250. The molecule has 0 aliphatic carbocycles. The van der Waals surface area contributed by atoms with Crippen molar-refractivity contribution in [3.63, 3.8) is 0 Å². The summed E-state index contributed by atoms with van der Waals surface area (Å²) in [5, 5.41) is 11.2. The third-order valence-corrected chi connectivity index (χ3v) is 8.25. The van der Waals surface area contributed by atoms with E-state index in [2.05, 4.69) is 0 Å². The van der Waals surface area contributed by atoms with Crippen molar-refractivity contribution < 1.29 is 26.6 Å². The van der Waals surface area contributed by atoms with E-state index in [1.54, 1.807) is 12.1 Å². The van der Waals surface area contributed by atoms with Gasteiger partial charge in [-0.1, -0.05) is 23.7 Å². The van der Waals surface area contributed by atoms with E-state index < -0.39 is 36.4 Å². The van der Waals surface area contributed by atoms with Crippen molar-refractivity contribution in [1.29, 1.82) is 0 Å². The first-order valence-electron chi connectivity index (χ1n) is 8.95. The van der Waals surface area contributed by atoms with Crippen molar-refractivity contribution in [1.82, 2.24) is 9.21 Å². The monoisotopic (exact) mass is 487 g/mol. The van der Waals surface area contributed by atoms with E-state index in [9.17, 15) is 31.7 Å². The molecule has 0 saturated carbocycles. The SMILES string of the molecule is CS(=O)(=O)c1cc(C(=O)N2CCN(S(=O)(=O)c3ccccc3Cl)CC2)cc([N+](=O)[O-])c1. The maximum absolute atomic E-state index is 12.9. The number of sulfonamides is 1. The van der Waals surface area contributed by atoms with Crippen LogP contribution in [-0.4, -0.2) is 69.3 Å². The van der Waals surface area contributed by atoms with Crippen LogP contribution < -0.4 is 0 Å². The fourth-order valence-corrected chi connectivity index (χ4v) is 5.72. The van der Waals surface area contributed by atoms with Crippen molar-refractivity contribution in [2.75, 3.05) is 32.4 Å². The quantitative estimate of drug-likeness (QED) is 0.463. The third kappa shape index (κ3) is 4.87. The zero-order valence-corrected chi connectivity index (χ0v) is 18.7. The van der Waals surface area contributed by atoms with Gasteiger partial charge < -0.3 is 4.90 Å². The number of nitrogens with zero attached hydrogens (tertiary/aromatic N) is 3. The summed E-state index contributed by atoms with van der Waals surface area (Å²) in [6.45, 7) is 0.0408. The average molecular weight is 488 g/mol. The van der Waals surface area contributed by atoms with Gasteiger partial charge in [-0.25, -0.2) is 16.8 Å². The highest BCUT2D eigenvalue weighted by atomic mass is 35.5. The van der Waals surface area contributed by atoms with Gasteiger partial charge in [-0.2, -0.15) is 4.31 Å². The molecule has 0 spiro atoms. The van der Waals surface area contributed by atoms with Gasteiger partial charge in [0.1, 0.15) is 4.90 Å². The Balaban J connectivity index is 1.82. The fourth-order valence-electron chi connectivity index (χ4n) is 3.13. The van der Waals surface area contributed by atoms with Gasteiger partial charge in [-0.15, -0.1) is 0 Å². The molecule has 1 fully saturated rings. The van der Waals surface area contributed by atoms with Gasteiger partial charge in [-0.3, -0.25) is 14.9 Å². The smallest absolute Gasteiger partial charge is 0.271 e. The van der Waals surface area contributed by atoms with Gasteiger partial charge in [0.25, 0.3) is 11.6 Å². The summed E-state index contributed by atoms with van der Waals surface area (Å²) >= 11 is 6.00. The Kier molecular flexibility index (Phi) is 6.37. The molecule has 10 nitrogen and oxygen atoms in total. The number of hydrogen-bond donors (Lipinski definition) is 0. The first-order chi connectivity index (χ1) is 14.4. The van der Waals surface area contributed by atoms with Crippen molar-refractivity contribution >= 4 is 43.1 Å². The molecular formula is C18H18ClN3O7S2. The van der Waals surface area contributed by atoms with Crippen LogP contribution >= 0.6 is 11.6 Å². The second kappa shape index (κ2) is 8.54.